The van der Waals surface area contributed by atoms with E-state index in [0.717, 1.165) is 0 Å². The number of hydrogen-bond acceptors (Lipinski definition) is 7. The number of ether oxygens (including phenoxy) is 2. The van der Waals surface area contributed by atoms with Crippen LogP contribution in [0.2, 0.25) is 0 Å². The van der Waals surface area contributed by atoms with E-state index >= 15 is 0 Å². The molecule has 2 atom stereocenters. The largest absolute Gasteiger partial charge is 0.389 e. The van der Waals surface area contributed by atoms with Crippen molar-refractivity contribution in [3.05, 3.63) is 11.7 Å². The second-order valence-corrected chi connectivity index (χ2v) is 4.44. The van der Waals surface area contributed by atoms with Gasteiger partial charge in [0.05, 0.1) is 25.4 Å². The number of aliphatic hydroxyl groups excluding tert-OH is 1. The van der Waals surface area contributed by atoms with Crippen molar-refractivity contribution in [2.75, 3.05) is 33.4 Å². The molecule has 0 aromatic carbocycles. The van der Waals surface area contributed by atoms with Gasteiger partial charge in [0.1, 0.15) is 0 Å². The minimum atomic E-state index is -0.538. The van der Waals surface area contributed by atoms with Crippen molar-refractivity contribution in [1.29, 1.82) is 0 Å². The SMILES string of the molecule is COCC(C)OCC(O)CNCCc1nc(C)no1. The Hall–Kier alpha value is -1.02. The lowest BCUT2D eigenvalue weighted by Crippen LogP contribution is -2.33. The van der Waals surface area contributed by atoms with Gasteiger partial charge in [0.15, 0.2) is 5.82 Å². The summed E-state index contributed by atoms with van der Waals surface area (Å²) in [6, 6.07) is 0. The minimum absolute atomic E-state index is 0.0129. The third-order valence-electron chi connectivity index (χ3n) is 2.44. The number of methoxy groups -OCH3 is 1. The highest BCUT2D eigenvalue weighted by atomic mass is 16.5. The molecule has 1 aromatic rings. The van der Waals surface area contributed by atoms with Crippen LogP contribution in [-0.2, 0) is 15.9 Å². The third kappa shape index (κ3) is 7.22. The number of aliphatic hydroxyl groups is 1. The molecular formula is C12H23N3O4. The van der Waals surface area contributed by atoms with Gasteiger partial charge in [0.2, 0.25) is 5.89 Å². The molecule has 0 aliphatic carbocycles. The molecule has 1 aromatic heterocycles. The maximum Gasteiger partial charge on any atom is 0.227 e. The second kappa shape index (κ2) is 8.98. The standard InChI is InChI=1S/C12H23N3O4/c1-9(7-17-3)18-8-11(16)6-13-5-4-12-14-10(2)15-19-12/h9,11,13,16H,4-8H2,1-3H3. The molecular weight excluding hydrogens is 250 g/mol. The highest BCUT2D eigenvalue weighted by molar-refractivity contribution is 4.83. The first-order valence-electron chi connectivity index (χ1n) is 6.40. The predicted octanol–water partition coefficient (Wildman–Crippen LogP) is -0.0775. The number of hydrogen-bond donors (Lipinski definition) is 2. The van der Waals surface area contributed by atoms with Gasteiger partial charge in [-0.1, -0.05) is 5.16 Å². The van der Waals surface area contributed by atoms with Crippen LogP contribution in [0.3, 0.4) is 0 Å². The van der Waals surface area contributed by atoms with Crippen LogP contribution in [0.25, 0.3) is 0 Å². The van der Waals surface area contributed by atoms with E-state index in [0.29, 0.717) is 37.8 Å². The van der Waals surface area contributed by atoms with Crippen molar-refractivity contribution < 1.29 is 19.1 Å². The van der Waals surface area contributed by atoms with Gasteiger partial charge in [-0.05, 0) is 13.8 Å². The number of rotatable bonds is 10. The summed E-state index contributed by atoms with van der Waals surface area (Å²) in [6.07, 6.45) is 0.0962. The maximum absolute atomic E-state index is 9.69. The van der Waals surface area contributed by atoms with Crippen LogP contribution in [0, 0.1) is 6.92 Å². The highest BCUT2D eigenvalue weighted by Crippen LogP contribution is 1.96. The minimum Gasteiger partial charge on any atom is -0.389 e. The molecule has 7 nitrogen and oxygen atoms in total. The fraction of sp³-hybridized carbons (Fsp3) is 0.833. The summed E-state index contributed by atoms with van der Waals surface area (Å²) >= 11 is 0. The summed E-state index contributed by atoms with van der Waals surface area (Å²) in [4.78, 5) is 4.09. The van der Waals surface area contributed by atoms with E-state index in [9.17, 15) is 5.11 Å². The van der Waals surface area contributed by atoms with Gasteiger partial charge in [-0.15, -0.1) is 0 Å². The topological polar surface area (TPSA) is 89.6 Å². The molecule has 7 heteroatoms. The van der Waals surface area contributed by atoms with Crippen LogP contribution in [0.5, 0.6) is 0 Å². The molecule has 2 N–H and O–H groups in total. The van der Waals surface area contributed by atoms with Crippen LogP contribution < -0.4 is 5.32 Å². The Morgan fingerprint density at radius 1 is 1.42 bits per heavy atom. The van der Waals surface area contributed by atoms with Crippen molar-refractivity contribution in [1.82, 2.24) is 15.5 Å². The molecule has 0 amide bonds. The molecule has 0 aliphatic rings. The van der Waals surface area contributed by atoms with E-state index < -0.39 is 6.10 Å². The lowest BCUT2D eigenvalue weighted by Gasteiger charge is -2.16. The van der Waals surface area contributed by atoms with Gasteiger partial charge in [0.25, 0.3) is 0 Å². The Bertz CT molecular complexity index is 345. The smallest absolute Gasteiger partial charge is 0.227 e. The maximum atomic E-state index is 9.69. The zero-order valence-corrected chi connectivity index (χ0v) is 11.8. The normalized spacial score (nSPS) is 14.5. The monoisotopic (exact) mass is 273 g/mol. The quantitative estimate of drug-likeness (QED) is 0.576. The Kier molecular flexibility index (Phi) is 7.57. The lowest BCUT2D eigenvalue weighted by molar-refractivity contribution is -0.0310. The van der Waals surface area contributed by atoms with E-state index in [2.05, 4.69) is 15.5 Å². The zero-order valence-electron chi connectivity index (χ0n) is 11.8. The molecule has 0 aliphatic heterocycles. The number of nitrogens with zero attached hydrogens (tertiary/aromatic N) is 2. The molecule has 0 radical (unpaired) electrons. The van der Waals surface area contributed by atoms with Crippen LogP contribution in [0.15, 0.2) is 4.52 Å². The Balaban J connectivity index is 2.02. The summed E-state index contributed by atoms with van der Waals surface area (Å²) in [5.74, 6) is 1.24. The van der Waals surface area contributed by atoms with Crippen LogP contribution in [0.4, 0.5) is 0 Å². The molecule has 0 bridgehead atoms. The first kappa shape index (κ1) is 16.0. The first-order valence-corrected chi connectivity index (χ1v) is 6.40. The predicted molar refractivity (Wildman–Crippen MR) is 68.9 cm³/mol. The summed E-state index contributed by atoms with van der Waals surface area (Å²) in [7, 11) is 1.62. The molecule has 0 saturated heterocycles. The Morgan fingerprint density at radius 3 is 2.84 bits per heavy atom. The van der Waals surface area contributed by atoms with Crippen LogP contribution in [0.1, 0.15) is 18.6 Å². The molecule has 2 unspecified atom stereocenters. The molecule has 0 spiro atoms. The van der Waals surface area contributed by atoms with Crippen molar-refractivity contribution in [3.8, 4) is 0 Å². The number of nitrogens with one attached hydrogen (secondary N) is 1. The number of aryl methyl sites for hydroxylation is 1. The molecule has 0 fully saturated rings. The zero-order chi connectivity index (χ0) is 14.1. The van der Waals surface area contributed by atoms with E-state index in [1.54, 1.807) is 14.0 Å². The molecule has 19 heavy (non-hydrogen) atoms. The first-order chi connectivity index (χ1) is 9.11. The van der Waals surface area contributed by atoms with Crippen molar-refractivity contribution in [2.45, 2.75) is 32.5 Å². The molecule has 1 heterocycles. The van der Waals surface area contributed by atoms with Crippen molar-refractivity contribution in [3.63, 3.8) is 0 Å². The second-order valence-electron chi connectivity index (χ2n) is 4.44. The van der Waals surface area contributed by atoms with E-state index in [1.807, 2.05) is 6.92 Å². The van der Waals surface area contributed by atoms with Crippen LogP contribution >= 0.6 is 0 Å². The van der Waals surface area contributed by atoms with E-state index in [1.165, 1.54) is 0 Å². The molecule has 0 saturated carbocycles. The van der Waals surface area contributed by atoms with Crippen molar-refractivity contribution >= 4 is 0 Å². The fourth-order valence-electron chi connectivity index (χ4n) is 1.52. The lowest BCUT2D eigenvalue weighted by atomic mass is 10.3. The van der Waals surface area contributed by atoms with Gasteiger partial charge in [-0.2, -0.15) is 4.98 Å². The molecule has 1 rings (SSSR count). The van der Waals surface area contributed by atoms with Crippen LogP contribution in [-0.4, -0.2) is 60.9 Å². The number of aromatic nitrogens is 2. The summed E-state index contributed by atoms with van der Waals surface area (Å²) < 4.78 is 15.3. The highest BCUT2D eigenvalue weighted by Gasteiger charge is 2.08. The van der Waals surface area contributed by atoms with Gasteiger partial charge in [-0.3, -0.25) is 0 Å². The Morgan fingerprint density at radius 2 is 2.21 bits per heavy atom. The Labute approximate surface area is 113 Å². The van der Waals surface area contributed by atoms with Gasteiger partial charge in [-0.25, -0.2) is 0 Å². The average molecular weight is 273 g/mol. The summed E-state index contributed by atoms with van der Waals surface area (Å²) in [5, 5.41) is 16.5. The van der Waals surface area contributed by atoms with Gasteiger partial charge < -0.3 is 24.4 Å². The summed E-state index contributed by atoms with van der Waals surface area (Å²) in [6.45, 7) is 5.64. The summed E-state index contributed by atoms with van der Waals surface area (Å²) in [5.41, 5.74) is 0. The van der Waals surface area contributed by atoms with E-state index in [4.69, 9.17) is 14.0 Å². The molecule has 110 valence electrons. The average Bonchev–Trinajstić information content (AvgIpc) is 2.78. The van der Waals surface area contributed by atoms with Crippen molar-refractivity contribution in [2.24, 2.45) is 0 Å². The van der Waals surface area contributed by atoms with Gasteiger partial charge >= 0.3 is 0 Å². The van der Waals surface area contributed by atoms with E-state index in [-0.39, 0.29) is 12.7 Å². The fourth-order valence-corrected chi connectivity index (χ4v) is 1.52. The van der Waals surface area contributed by atoms with Gasteiger partial charge in [0, 0.05) is 26.6 Å². The third-order valence-corrected chi connectivity index (χ3v) is 2.44.